The molecule has 1 aliphatic carbocycles. The van der Waals surface area contributed by atoms with E-state index in [0.717, 1.165) is 12.1 Å². The lowest BCUT2D eigenvalue weighted by Crippen LogP contribution is -2.25. The number of benzene rings is 1. The van der Waals surface area contributed by atoms with E-state index in [0.29, 0.717) is 9.89 Å². The standard InChI is InChI=1S/C13H17BrFN/c1-9(16-8-13(2)5-6-13)10-3-4-12(15)11(14)7-10/h3-4,7,9,16H,5-6,8H2,1-2H3. The van der Waals surface area contributed by atoms with Crippen molar-refractivity contribution in [1.82, 2.24) is 5.32 Å². The Morgan fingerprint density at radius 1 is 1.50 bits per heavy atom. The van der Waals surface area contributed by atoms with Gasteiger partial charge in [-0.25, -0.2) is 4.39 Å². The van der Waals surface area contributed by atoms with E-state index >= 15 is 0 Å². The van der Waals surface area contributed by atoms with Crippen molar-refractivity contribution in [2.45, 2.75) is 32.7 Å². The first kappa shape index (κ1) is 12.1. The first-order chi connectivity index (χ1) is 7.50. The predicted octanol–water partition coefficient (Wildman–Crippen LogP) is 4.04. The Kier molecular flexibility index (Phi) is 3.36. The molecule has 1 fully saturated rings. The molecule has 1 aromatic rings. The number of halogens is 2. The summed E-state index contributed by atoms with van der Waals surface area (Å²) in [5.41, 5.74) is 1.63. The molecule has 0 aromatic heterocycles. The van der Waals surface area contributed by atoms with Gasteiger partial charge >= 0.3 is 0 Å². The summed E-state index contributed by atoms with van der Waals surface area (Å²) >= 11 is 3.21. The highest BCUT2D eigenvalue weighted by molar-refractivity contribution is 9.10. The predicted molar refractivity (Wildman–Crippen MR) is 67.9 cm³/mol. The van der Waals surface area contributed by atoms with Crippen molar-refractivity contribution in [3.63, 3.8) is 0 Å². The van der Waals surface area contributed by atoms with E-state index in [1.165, 1.54) is 18.9 Å². The molecule has 1 nitrogen and oxygen atoms in total. The minimum Gasteiger partial charge on any atom is -0.310 e. The quantitative estimate of drug-likeness (QED) is 0.881. The summed E-state index contributed by atoms with van der Waals surface area (Å²) in [6, 6.07) is 5.47. The van der Waals surface area contributed by atoms with Crippen molar-refractivity contribution in [2.75, 3.05) is 6.54 Å². The molecule has 1 aliphatic rings. The summed E-state index contributed by atoms with van der Waals surface area (Å²) in [5.74, 6) is -0.204. The molecule has 0 aliphatic heterocycles. The average Bonchev–Trinajstić information content (AvgIpc) is 2.98. The minimum absolute atomic E-state index is 0.204. The largest absolute Gasteiger partial charge is 0.310 e. The molecule has 0 spiro atoms. The highest BCUT2D eigenvalue weighted by Crippen LogP contribution is 2.44. The Bertz CT molecular complexity index is 388. The third-order valence-electron chi connectivity index (χ3n) is 3.38. The summed E-state index contributed by atoms with van der Waals surface area (Å²) in [7, 11) is 0. The average molecular weight is 286 g/mol. The molecule has 0 bridgehead atoms. The molecule has 1 aromatic carbocycles. The van der Waals surface area contributed by atoms with Crippen LogP contribution in [0.25, 0.3) is 0 Å². The van der Waals surface area contributed by atoms with E-state index in [1.807, 2.05) is 12.1 Å². The smallest absolute Gasteiger partial charge is 0.137 e. The first-order valence-electron chi connectivity index (χ1n) is 5.68. The van der Waals surface area contributed by atoms with Gasteiger partial charge < -0.3 is 5.32 Å². The van der Waals surface area contributed by atoms with Gasteiger partial charge in [0.1, 0.15) is 5.82 Å². The maximum Gasteiger partial charge on any atom is 0.137 e. The molecule has 0 amide bonds. The zero-order valence-electron chi connectivity index (χ0n) is 9.69. The first-order valence-corrected chi connectivity index (χ1v) is 6.48. The lowest BCUT2D eigenvalue weighted by molar-refractivity contribution is 0.457. The molecule has 0 saturated heterocycles. The van der Waals surface area contributed by atoms with Gasteiger partial charge in [0.2, 0.25) is 0 Å². The third-order valence-corrected chi connectivity index (χ3v) is 3.99. The van der Waals surface area contributed by atoms with E-state index in [1.54, 1.807) is 0 Å². The fourth-order valence-corrected chi connectivity index (χ4v) is 2.09. The Morgan fingerprint density at radius 2 is 2.19 bits per heavy atom. The van der Waals surface area contributed by atoms with E-state index < -0.39 is 0 Å². The number of nitrogens with one attached hydrogen (secondary N) is 1. The monoisotopic (exact) mass is 285 g/mol. The van der Waals surface area contributed by atoms with E-state index in [-0.39, 0.29) is 11.9 Å². The summed E-state index contributed by atoms with van der Waals surface area (Å²) in [6.45, 7) is 5.46. The molecule has 1 N–H and O–H groups in total. The molecule has 88 valence electrons. The van der Waals surface area contributed by atoms with E-state index in [2.05, 4.69) is 35.1 Å². The Morgan fingerprint density at radius 3 is 2.75 bits per heavy atom. The maximum absolute atomic E-state index is 13.1. The summed E-state index contributed by atoms with van der Waals surface area (Å²) in [5, 5.41) is 3.50. The van der Waals surface area contributed by atoms with Crippen LogP contribution >= 0.6 is 15.9 Å². The van der Waals surface area contributed by atoms with Gasteiger partial charge in [-0.05, 0) is 58.8 Å². The van der Waals surface area contributed by atoms with Crippen LogP contribution in [0.15, 0.2) is 22.7 Å². The molecule has 1 saturated carbocycles. The second-order valence-corrected chi connectivity index (χ2v) is 5.94. The second-order valence-electron chi connectivity index (χ2n) is 5.09. The summed E-state index contributed by atoms with van der Waals surface area (Å²) < 4.78 is 13.6. The molecule has 3 heteroatoms. The zero-order valence-corrected chi connectivity index (χ0v) is 11.3. The molecule has 0 heterocycles. The van der Waals surface area contributed by atoms with Crippen molar-refractivity contribution in [2.24, 2.45) is 5.41 Å². The highest BCUT2D eigenvalue weighted by atomic mass is 79.9. The Hall–Kier alpha value is -0.410. The van der Waals surface area contributed by atoms with Crippen LogP contribution in [0, 0.1) is 11.2 Å². The summed E-state index contributed by atoms with van der Waals surface area (Å²) in [6.07, 6.45) is 2.64. The van der Waals surface area contributed by atoms with Crippen molar-refractivity contribution in [1.29, 1.82) is 0 Å². The SMILES string of the molecule is CC(NCC1(C)CC1)c1ccc(F)c(Br)c1. The zero-order chi connectivity index (χ0) is 11.8. The van der Waals surface area contributed by atoms with Crippen LogP contribution in [0.3, 0.4) is 0 Å². The van der Waals surface area contributed by atoms with Gasteiger partial charge in [0.15, 0.2) is 0 Å². The minimum atomic E-state index is -0.204. The highest BCUT2D eigenvalue weighted by Gasteiger charge is 2.36. The van der Waals surface area contributed by atoms with Crippen LogP contribution in [-0.2, 0) is 0 Å². The van der Waals surface area contributed by atoms with Gasteiger partial charge in [-0.15, -0.1) is 0 Å². The van der Waals surface area contributed by atoms with Gasteiger partial charge in [-0.2, -0.15) is 0 Å². The lowest BCUT2D eigenvalue weighted by Gasteiger charge is -2.17. The fraction of sp³-hybridized carbons (Fsp3) is 0.538. The second kappa shape index (κ2) is 4.46. The molecule has 16 heavy (non-hydrogen) atoms. The molecular formula is C13H17BrFN. The molecule has 1 atom stereocenters. The van der Waals surface area contributed by atoms with Crippen LogP contribution in [0.2, 0.25) is 0 Å². The van der Waals surface area contributed by atoms with E-state index in [4.69, 9.17) is 0 Å². The summed E-state index contributed by atoms with van der Waals surface area (Å²) in [4.78, 5) is 0. The third kappa shape index (κ3) is 2.83. The van der Waals surface area contributed by atoms with Gasteiger partial charge in [0, 0.05) is 12.6 Å². The van der Waals surface area contributed by atoms with Gasteiger partial charge in [0.05, 0.1) is 4.47 Å². The molecule has 2 rings (SSSR count). The fourth-order valence-electron chi connectivity index (χ4n) is 1.69. The van der Waals surface area contributed by atoms with Gasteiger partial charge in [-0.1, -0.05) is 13.0 Å². The maximum atomic E-state index is 13.1. The molecule has 1 unspecified atom stereocenters. The van der Waals surface area contributed by atoms with Crippen molar-refractivity contribution in [3.05, 3.63) is 34.1 Å². The lowest BCUT2D eigenvalue weighted by atomic mass is 10.1. The van der Waals surface area contributed by atoms with Crippen LogP contribution in [-0.4, -0.2) is 6.54 Å². The Labute approximate surface area is 105 Å². The number of hydrogen-bond acceptors (Lipinski definition) is 1. The van der Waals surface area contributed by atoms with Crippen LogP contribution in [0.4, 0.5) is 4.39 Å². The van der Waals surface area contributed by atoms with Crippen molar-refractivity contribution < 1.29 is 4.39 Å². The number of hydrogen-bond donors (Lipinski definition) is 1. The van der Waals surface area contributed by atoms with Gasteiger partial charge in [0.25, 0.3) is 0 Å². The Balaban J connectivity index is 1.97. The van der Waals surface area contributed by atoms with Crippen LogP contribution < -0.4 is 5.32 Å². The number of rotatable bonds is 4. The molecule has 0 radical (unpaired) electrons. The van der Waals surface area contributed by atoms with Crippen LogP contribution in [0.5, 0.6) is 0 Å². The molecular weight excluding hydrogens is 269 g/mol. The van der Waals surface area contributed by atoms with Crippen LogP contribution in [0.1, 0.15) is 38.3 Å². The topological polar surface area (TPSA) is 12.0 Å². The van der Waals surface area contributed by atoms with Crippen molar-refractivity contribution in [3.8, 4) is 0 Å². The van der Waals surface area contributed by atoms with Crippen molar-refractivity contribution >= 4 is 15.9 Å². The van der Waals surface area contributed by atoms with E-state index in [9.17, 15) is 4.39 Å². The normalized spacial score (nSPS) is 19.5. The van der Waals surface area contributed by atoms with Gasteiger partial charge in [-0.3, -0.25) is 0 Å².